The van der Waals surface area contributed by atoms with Crippen LogP contribution in [-0.4, -0.2) is 79.0 Å². The number of benzene rings is 1. The molecule has 9 heteroatoms. The minimum Gasteiger partial charge on any atom is -0.497 e. The van der Waals surface area contributed by atoms with Gasteiger partial charge in [-0.25, -0.2) is 0 Å². The summed E-state index contributed by atoms with van der Waals surface area (Å²) < 4.78 is 16.9. The van der Waals surface area contributed by atoms with Gasteiger partial charge in [0.2, 0.25) is 5.91 Å². The van der Waals surface area contributed by atoms with Crippen molar-refractivity contribution in [2.24, 2.45) is 11.8 Å². The molecule has 0 unspecified atom stereocenters. The number of amides is 2. The van der Waals surface area contributed by atoms with Crippen LogP contribution in [0.2, 0.25) is 0 Å². The minimum atomic E-state index is -1.10. The highest BCUT2D eigenvalue weighted by Crippen LogP contribution is 2.58. The van der Waals surface area contributed by atoms with Gasteiger partial charge in [0, 0.05) is 25.4 Å². The highest BCUT2D eigenvalue weighted by Gasteiger charge is 2.75. The van der Waals surface area contributed by atoms with Gasteiger partial charge in [0.25, 0.3) is 5.91 Å². The molecule has 1 aromatic rings. The number of aliphatic hydroxyl groups is 1. The summed E-state index contributed by atoms with van der Waals surface area (Å²) in [6.45, 7) is 6.02. The molecule has 5 atom stereocenters. The quantitative estimate of drug-likeness (QED) is 0.407. The number of rotatable bonds is 10. The van der Waals surface area contributed by atoms with Gasteiger partial charge >= 0.3 is 5.97 Å². The van der Waals surface area contributed by atoms with Gasteiger partial charge in [0.15, 0.2) is 0 Å². The zero-order valence-electron chi connectivity index (χ0n) is 19.6. The fraction of sp³-hybridized carbons (Fsp3) is 0.560. The molecule has 4 rings (SSSR count). The predicted molar refractivity (Wildman–Crippen MR) is 123 cm³/mol. The first-order chi connectivity index (χ1) is 16.4. The number of likely N-dealkylation sites (tertiary alicyclic amines) is 1. The molecule has 3 aliphatic heterocycles. The second-order valence-corrected chi connectivity index (χ2v) is 8.85. The van der Waals surface area contributed by atoms with E-state index in [2.05, 4.69) is 6.58 Å². The summed E-state index contributed by atoms with van der Waals surface area (Å²) >= 11 is 0. The molecule has 0 saturated carbocycles. The molecule has 9 nitrogen and oxygen atoms in total. The second-order valence-electron chi connectivity index (χ2n) is 8.85. The topological polar surface area (TPSA) is 106 Å². The summed E-state index contributed by atoms with van der Waals surface area (Å²) in [6.07, 6.45) is 2.57. The number of esters is 1. The molecule has 3 heterocycles. The van der Waals surface area contributed by atoms with E-state index in [9.17, 15) is 19.5 Å². The Hall–Kier alpha value is -2.91. The second kappa shape index (κ2) is 9.76. The zero-order chi connectivity index (χ0) is 24.5. The number of fused-ring (bicyclic) bond motifs is 1. The molecular formula is C25H32N2O7. The van der Waals surface area contributed by atoms with Crippen molar-refractivity contribution in [1.29, 1.82) is 0 Å². The average Bonchev–Trinajstić information content (AvgIpc) is 3.48. The Labute approximate surface area is 199 Å². The summed E-state index contributed by atoms with van der Waals surface area (Å²) in [6, 6.07) is 6.16. The van der Waals surface area contributed by atoms with Crippen molar-refractivity contribution in [3.05, 3.63) is 36.9 Å². The summed E-state index contributed by atoms with van der Waals surface area (Å²) in [4.78, 5) is 43.7. The predicted octanol–water partition coefficient (Wildman–Crippen LogP) is 1.53. The van der Waals surface area contributed by atoms with Crippen LogP contribution in [0.3, 0.4) is 0 Å². The van der Waals surface area contributed by atoms with Crippen LogP contribution in [0.4, 0.5) is 5.69 Å². The lowest BCUT2D eigenvalue weighted by molar-refractivity contribution is -0.154. The van der Waals surface area contributed by atoms with Crippen LogP contribution in [-0.2, 0) is 23.9 Å². The average molecular weight is 473 g/mol. The maximum atomic E-state index is 14.1. The Balaban J connectivity index is 1.74. The van der Waals surface area contributed by atoms with E-state index < -0.39 is 35.6 Å². The van der Waals surface area contributed by atoms with Crippen LogP contribution in [0.15, 0.2) is 36.9 Å². The van der Waals surface area contributed by atoms with Gasteiger partial charge in [-0.2, -0.15) is 0 Å². The van der Waals surface area contributed by atoms with E-state index in [0.29, 0.717) is 30.7 Å². The van der Waals surface area contributed by atoms with Gasteiger partial charge in [-0.1, -0.05) is 6.08 Å². The van der Waals surface area contributed by atoms with E-state index in [1.807, 2.05) is 0 Å². The van der Waals surface area contributed by atoms with Crippen molar-refractivity contribution in [1.82, 2.24) is 4.90 Å². The maximum Gasteiger partial charge on any atom is 0.312 e. The molecule has 1 aromatic carbocycles. The Morgan fingerprint density at radius 2 is 2.09 bits per heavy atom. The lowest BCUT2D eigenvalue weighted by atomic mass is 9.70. The SMILES string of the molecule is C=CCN(C(=O)[C@@H]1N(CCCO)C(=O)[C@H]2[C@H](C(=O)OCC)[C@@H]3CC[C@]12O3)c1ccc(OC)cc1. The Morgan fingerprint density at radius 3 is 2.71 bits per heavy atom. The minimum absolute atomic E-state index is 0.123. The Morgan fingerprint density at radius 1 is 1.35 bits per heavy atom. The van der Waals surface area contributed by atoms with Gasteiger partial charge in [-0.15, -0.1) is 6.58 Å². The molecule has 2 bridgehead atoms. The summed E-state index contributed by atoms with van der Waals surface area (Å²) in [5.74, 6) is -1.90. The molecule has 0 aliphatic carbocycles. The van der Waals surface area contributed by atoms with Crippen LogP contribution >= 0.6 is 0 Å². The number of carbonyl (C=O) groups excluding carboxylic acids is 3. The Kier molecular flexibility index (Phi) is 6.95. The maximum absolute atomic E-state index is 14.1. The standard InChI is InChI=1S/C25H32N2O7/c1-4-13-26(16-7-9-17(32-3)10-8-16)23(30)21-25-12-11-18(34-25)19(24(31)33-5-2)20(25)22(29)27(21)14-6-15-28/h4,7-10,18-21,28H,1,5-6,11-15H2,2-3H3/t18-,19+,20+,21-,25+/m0/s1. The van der Waals surface area contributed by atoms with Crippen molar-refractivity contribution in [3.8, 4) is 5.75 Å². The first kappa shape index (κ1) is 24.2. The molecule has 184 valence electrons. The number of ether oxygens (including phenoxy) is 3. The normalized spacial score (nSPS) is 29.1. The number of anilines is 1. The number of methoxy groups -OCH3 is 1. The van der Waals surface area contributed by atoms with E-state index in [-0.39, 0.29) is 38.1 Å². The summed E-state index contributed by atoms with van der Waals surface area (Å²) in [5.41, 5.74) is -0.466. The smallest absolute Gasteiger partial charge is 0.312 e. The molecule has 3 aliphatic rings. The molecular weight excluding hydrogens is 440 g/mol. The lowest BCUT2D eigenvalue weighted by Gasteiger charge is -2.36. The number of nitrogens with zero attached hydrogens (tertiary/aromatic N) is 2. The molecule has 1 N–H and O–H groups in total. The van der Waals surface area contributed by atoms with Gasteiger partial charge in [-0.3, -0.25) is 14.4 Å². The fourth-order valence-corrected chi connectivity index (χ4v) is 5.78. The van der Waals surface area contributed by atoms with Crippen LogP contribution in [0.5, 0.6) is 5.75 Å². The van der Waals surface area contributed by atoms with Crippen molar-refractivity contribution >= 4 is 23.5 Å². The van der Waals surface area contributed by atoms with E-state index >= 15 is 0 Å². The summed E-state index contributed by atoms with van der Waals surface area (Å²) in [5, 5.41) is 9.44. The third-order valence-electron chi connectivity index (χ3n) is 7.11. The first-order valence-electron chi connectivity index (χ1n) is 11.8. The molecule has 2 amide bonds. The third kappa shape index (κ3) is 3.76. The van der Waals surface area contributed by atoms with Crippen LogP contribution in [0.1, 0.15) is 26.2 Å². The molecule has 0 radical (unpaired) electrons. The molecule has 3 saturated heterocycles. The van der Waals surface area contributed by atoms with Crippen molar-refractivity contribution in [3.63, 3.8) is 0 Å². The molecule has 34 heavy (non-hydrogen) atoms. The number of hydrogen-bond acceptors (Lipinski definition) is 7. The molecule has 0 aromatic heterocycles. The summed E-state index contributed by atoms with van der Waals surface area (Å²) in [7, 11) is 1.57. The van der Waals surface area contributed by atoms with Crippen LogP contribution < -0.4 is 9.64 Å². The van der Waals surface area contributed by atoms with Crippen LogP contribution in [0.25, 0.3) is 0 Å². The number of aliphatic hydroxyl groups excluding tert-OH is 1. The monoisotopic (exact) mass is 472 g/mol. The Bertz CT molecular complexity index is 949. The third-order valence-corrected chi connectivity index (χ3v) is 7.11. The number of hydrogen-bond donors (Lipinski definition) is 1. The van der Waals surface area contributed by atoms with E-state index in [0.717, 1.165) is 0 Å². The molecule has 1 spiro atoms. The van der Waals surface area contributed by atoms with Gasteiger partial charge in [-0.05, 0) is 50.5 Å². The van der Waals surface area contributed by atoms with Crippen molar-refractivity contribution in [2.45, 2.75) is 43.9 Å². The van der Waals surface area contributed by atoms with Gasteiger partial charge < -0.3 is 29.1 Å². The zero-order valence-corrected chi connectivity index (χ0v) is 19.6. The number of carbonyl (C=O) groups is 3. The molecule has 3 fully saturated rings. The fourth-order valence-electron chi connectivity index (χ4n) is 5.78. The highest BCUT2D eigenvalue weighted by atomic mass is 16.6. The van der Waals surface area contributed by atoms with Gasteiger partial charge in [0.1, 0.15) is 17.4 Å². The van der Waals surface area contributed by atoms with Gasteiger partial charge in [0.05, 0.1) is 31.7 Å². The van der Waals surface area contributed by atoms with E-state index in [1.54, 1.807) is 49.3 Å². The first-order valence-corrected chi connectivity index (χ1v) is 11.8. The highest BCUT2D eigenvalue weighted by molar-refractivity contribution is 6.04. The van der Waals surface area contributed by atoms with Crippen LogP contribution in [0, 0.1) is 11.8 Å². The largest absolute Gasteiger partial charge is 0.497 e. The van der Waals surface area contributed by atoms with E-state index in [4.69, 9.17) is 14.2 Å². The van der Waals surface area contributed by atoms with Crippen molar-refractivity contribution in [2.75, 3.05) is 38.3 Å². The van der Waals surface area contributed by atoms with E-state index in [1.165, 1.54) is 4.90 Å². The van der Waals surface area contributed by atoms with Crippen molar-refractivity contribution < 1.29 is 33.7 Å². The lowest BCUT2D eigenvalue weighted by Crippen LogP contribution is -2.56.